The summed E-state index contributed by atoms with van der Waals surface area (Å²) < 4.78 is 5.12. The molecule has 1 aromatic carbocycles. The fraction of sp³-hybridized carbons (Fsp3) is 0.333. The van der Waals surface area contributed by atoms with Crippen molar-refractivity contribution in [1.29, 1.82) is 0 Å². The molecule has 0 spiro atoms. The number of aryl methyl sites for hydroxylation is 1. The predicted octanol–water partition coefficient (Wildman–Crippen LogP) is 6.07. The second kappa shape index (κ2) is 9.17. The van der Waals surface area contributed by atoms with Crippen LogP contribution >= 0.6 is 34.8 Å². The number of halogens is 3. The summed E-state index contributed by atoms with van der Waals surface area (Å²) in [5, 5.41) is 4.33. The van der Waals surface area contributed by atoms with Crippen LogP contribution in [0.3, 0.4) is 0 Å². The van der Waals surface area contributed by atoms with Crippen LogP contribution < -0.4 is 10.9 Å². The molecule has 0 unspecified atom stereocenters. The molecule has 1 saturated carbocycles. The Balaban J connectivity index is 1.98. The number of anilines is 1. The first-order chi connectivity index (χ1) is 13.3. The summed E-state index contributed by atoms with van der Waals surface area (Å²) >= 11 is 18.6. The van der Waals surface area contributed by atoms with Gasteiger partial charge in [0, 0.05) is 23.0 Å². The van der Waals surface area contributed by atoms with Crippen LogP contribution in [-0.2, 0) is 4.79 Å². The smallest absolute Gasteiger partial charge is 0.346 e. The minimum absolute atomic E-state index is 0.0973. The molecule has 0 bridgehead atoms. The number of ketones is 1. The lowest BCUT2D eigenvalue weighted by Crippen LogP contribution is -2.35. The van der Waals surface area contributed by atoms with E-state index in [0.717, 1.165) is 24.9 Å². The van der Waals surface area contributed by atoms with Crippen molar-refractivity contribution in [2.45, 2.75) is 38.6 Å². The van der Waals surface area contributed by atoms with E-state index in [1.54, 1.807) is 31.2 Å². The Hall–Kier alpha value is -1.75. The zero-order valence-electron chi connectivity index (χ0n) is 15.3. The van der Waals surface area contributed by atoms with Crippen LogP contribution in [0, 0.1) is 12.8 Å². The van der Waals surface area contributed by atoms with Crippen molar-refractivity contribution in [3.63, 3.8) is 0 Å². The average Bonchev–Trinajstić information content (AvgIpc) is 2.62. The lowest BCUT2D eigenvalue weighted by atomic mass is 9.82. The van der Waals surface area contributed by atoms with E-state index in [9.17, 15) is 9.59 Å². The van der Waals surface area contributed by atoms with Crippen molar-refractivity contribution < 1.29 is 9.21 Å². The fourth-order valence-electron chi connectivity index (χ4n) is 3.41. The van der Waals surface area contributed by atoms with E-state index in [2.05, 4.69) is 5.32 Å². The lowest BCUT2D eigenvalue weighted by molar-refractivity contribution is -0.124. The number of carbonyl (C=O) groups is 1. The van der Waals surface area contributed by atoms with E-state index in [4.69, 9.17) is 39.2 Å². The highest BCUT2D eigenvalue weighted by molar-refractivity contribution is 6.50. The molecule has 1 aliphatic carbocycles. The van der Waals surface area contributed by atoms with Gasteiger partial charge in [0.15, 0.2) is 0 Å². The molecule has 0 radical (unpaired) electrons. The molecule has 1 aromatic heterocycles. The van der Waals surface area contributed by atoms with E-state index in [1.165, 1.54) is 0 Å². The molecule has 2 atom stereocenters. The third-order valence-corrected chi connectivity index (χ3v) is 5.67. The molecule has 3 rings (SSSR count). The fourth-order valence-corrected chi connectivity index (χ4v) is 4.24. The molecule has 1 aliphatic rings. The Morgan fingerprint density at radius 1 is 1.21 bits per heavy atom. The SMILES string of the molecule is Cc1cc(Cl)c(/C(Cl)=C/[C@@H](Nc2ccc(Cl)cc2)[C@@H]2CCCCC2=O)c(=O)o1. The number of carbonyl (C=O) groups excluding carboxylic acids is 1. The molecule has 7 heteroatoms. The third-order valence-electron chi connectivity index (χ3n) is 4.80. The maximum Gasteiger partial charge on any atom is 0.346 e. The zero-order chi connectivity index (χ0) is 20.3. The number of rotatable bonds is 5. The largest absolute Gasteiger partial charge is 0.428 e. The van der Waals surface area contributed by atoms with Crippen molar-refractivity contribution >= 4 is 51.3 Å². The monoisotopic (exact) mass is 439 g/mol. The quantitative estimate of drug-likeness (QED) is 0.612. The molecule has 1 heterocycles. The van der Waals surface area contributed by atoms with Gasteiger partial charge in [-0.25, -0.2) is 4.79 Å². The van der Waals surface area contributed by atoms with E-state index in [0.29, 0.717) is 17.2 Å². The highest BCUT2D eigenvalue weighted by atomic mass is 35.5. The summed E-state index contributed by atoms with van der Waals surface area (Å²) in [4.78, 5) is 24.8. The van der Waals surface area contributed by atoms with Crippen LogP contribution in [0.4, 0.5) is 5.69 Å². The normalized spacial score (nSPS) is 18.8. The van der Waals surface area contributed by atoms with Crippen LogP contribution in [0.5, 0.6) is 0 Å². The maximum absolute atomic E-state index is 12.5. The van der Waals surface area contributed by atoms with Crippen molar-refractivity contribution in [2.24, 2.45) is 5.92 Å². The minimum atomic E-state index is -0.605. The van der Waals surface area contributed by atoms with E-state index in [1.807, 2.05) is 12.1 Å². The molecule has 0 saturated heterocycles. The molecule has 0 aliphatic heterocycles. The van der Waals surface area contributed by atoms with Gasteiger partial charge in [0.2, 0.25) is 0 Å². The number of nitrogens with one attached hydrogen (secondary N) is 1. The van der Waals surface area contributed by atoms with Crippen molar-refractivity contribution in [3.8, 4) is 0 Å². The zero-order valence-corrected chi connectivity index (χ0v) is 17.6. The Labute approximate surface area is 178 Å². The first-order valence-electron chi connectivity index (χ1n) is 9.08. The number of hydrogen-bond acceptors (Lipinski definition) is 4. The van der Waals surface area contributed by atoms with Crippen molar-refractivity contribution in [3.05, 3.63) is 68.2 Å². The van der Waals surface area contributed by atoms with Crippen LogP contribution in [-0.4, -0.2) is 11.8 Å². The highest BCUT2D eigenvalue weighted by Crippen LogP contribution is 2.31. The van der Waals surface area contributed by atoms with Gasteiger partial charge in [-0.3, -0.25) is 4.79 Å². The number of Topliss-reactive ketones (excluding diaryl/α,β-unsaturated/α-hetero) is 1. The van der Waals surface area contributed by atoms with Gasteiger partial charge in [0.1, 0.15) is 11.5 Å². The molecular weight excluding hydrogens is 421 g/mol. The molecule has 28 heavy (non-hydrogen) atoms. The van der Waals surface area contributed by atoms with Crippen molar-refractivity contribution in [2.75, 3.05) is 5.32 Å². The van der Waals surface area contributed by atoms with Gasteiger partial charge in [0.05, 0.1) is 21.7 Å². The molecule has 4 nitrogen and oxygen atoms in total. The van der Waals surface area contributed by atoms with Gasteiger partial charge in [-0.1, -0.05) is 41.2 Å². The second-order valence-corrected chi connectivity index (χ2v) is 8.13. The first kappa shape index (κ1) is 21.0. The molecule has 0 amide bonds. The standard InChI is InChI=1S/C21H20Cl3NO3/c1-12-10-16(23)20(21(27)28-12)17(24)11-18(15-4-2-3-5-19(15)26)25-14-8-6-13(22)7-9-14/h6-11,15,18,25H,2-5H2,1H3/b17-11-/t15-,18+/m0/s1. The first-order valence-corrected chi connectivity index (χ1v) is 10.2. The predicted molar refractivity (Wildman–Crippen MR) is 114 cm³/mol. The molecule has 2 aromatic rings. The van der Waals surface area contributed by atoms with Crippen LogP contribution in [0.1, 0.15) is 37.0 Å². The lowest BCUT2D eigenvalue weighted by Gasteiger charge is -2.29. The minimum Gasteiger partial charge on any atom is -0.428 e. The summed E-state index contributed by atoms with van der Waals surface area (Å²) in [7, 11) is 0. The summed E-state index contributed by atoms with van der Waals surface area (Å²) in [6.45, 7) is 1.64. The van der Waals surface area contributed by atoms with Gasteiger partial charge >= 0.3 is 5.63 Å². The molecule has 148 valence electrons. The van der Waals surface area contributed by atoms with Gasteiger partial charge in [0.25, 0.3) is 0 Å². The van der Waals surface area contributed by atoms with Crippen LogP contribution in [0.2, 0.25) is 10.0 Å². The topological polar surface area (TPSA) is 59.3 Å². The van der Waals surface area contributed by atoms with Crippen LogP contribution in [0.15, 0.2) is 45.6 Å². The molecule has 1 N–H and O–H groups in total. The summed E-state index contributed by atoms with van der Waals surface area (Å²) in [5.74, 6) is 0.344. The molecule has 1 fully saturated rings. The third kappa shape index (κ3) is 4.99. The van der Waals surface area contributed by atoms with Crippen molar-refractivity contribution in [1.82, 2.24) is 0 Å². The number of hydrogen-bond donors (Lipinski definition) is 1. The molecular formula is C21H20Cl3NO3. The highest BCUT2D eigenvalue weighted by Gasteiger charge is 2.30. The van der Waals surface area contributed by atoms with E-state index in [-0.39, 0.29) is 27.3 Å². The van der Waals surface area contributed by atoms with E-state index < -0.39 is 11.7 Å². The van der Waals surface area contributed by atoms with E-state index >= 15 is 0 Å². The Bertz CT molecular complexity index is 950. The summed E-state index contributed by atoms with van der Waals surface area (Å²) in [5.41, 5.74) is 0.294. The Morgan fingerprint density at radius 2 is 1.93 bits per heavy atom. The van der Waals surface area contributed by atoms with Crippen LogP contribution in [0.25, 0.3) is 5.03 Å². The summed E-state index contributed by atoms with van der Waals surface area (Å²) in [6, 6.07) is 8.34. The van der Waals surface area contributed by atoms with Gasteiger partial charge in [-0.2, -0.15) is 0 Å². The van der Waals surface area contributed by atoms with Gasteiger partial charge < -0.3 is 9.73 Å². The summed E-state index contributed by atoms with van der Waals surface area (Å²) in [6.07, 6.45) is 4.84. The Morgan fingerprint density at radius 3 is 2.57 bits per heavy atom. The maximum atomic E-state index is 12.5. The van der Waals surface area contributed by atoms with Gasteiger partial charge in [-0.05, 0) is 56.2 Å². The van der Waals surface area contributed by atoms with Gasteiger partial charge in [-0.15, -0.1) is 0 Å². The second-order valence-electron chi connectivity index (χ2n) is 6.88. The average molecular weight is 441 g/mol. The Kier molecular flexibility index (Phi) is 6.86. The number of benzene rings is 1.